The van der Waals surface area contributed by atoms with Gasteiger partial charge < -0.3 is 0 Å². The Hall–Kier alpha value is -0.262. The van der Waals surface area contributed by atoms with E-state index in [0.29, 0.717) is 4.08 Å². The Kier molecular flexibility index (Phi) is 2.32. The number of benzene rings is 1. The third kappa shape index (κ3) is 1.85. The molecule has 1 aromatic rings. The maximum absolute atomic E-state index is 8.98. The summed E-state index contributed by atoms with van der Waals surface area (Å²) in [6.45, 7) is 0. The Morgan fingerprint density at radius 2 is 1.78 bits per heavy atom. The number of rotatable bonds is 1. The van der Waals surface area contributed by atoms with Crippen molar-refractivity contribution in [2.75, 3.05) is 0 Å². The van der Waals surface area contributed by atoms with Crippen molar-refractivity contribution in [1.82, 2.24) is 0 Å². The predicted molar refractivity (Wildman–Crippen MR) is 32.5 cm³/mol. The molecule has 0 unspecified atom stereocenters. The summed E-state index contributed by atoms with van der Waals surface area (Å²) in [5.41, 5.74) is 0.924. The molecule has 0 saturated heterocycles. The molecule has 0 atom stereocenters. The summed E-state index contributed by atoms with van der Waals surface area (Å²) in [7, 11) is 0. The van der Waals surface area contributed by atoms with Gasteiger partial charge in [0, 0.05) is 0 Å². The molecule has 0 spiro atoms. The van der Waals surface area contributed by atoms with Crippen molar-refractivity contribution >= 4 is 4.08 Å². The van der Waals surface area contributed by atoms with E-state index in [4.69, 9.17) is 5.11 Å². The van der Waals surface area contributed by atoms with E-state index in [1.165, 1.54) is 0 Å². The van der Waals surface area contributed by atoms with E-state index in [-0.39, 0.29) is 0 Å². The first-order chi connectivity index (χ1) is 4.30. The summed E-state index contributed by atoms with van der Waals surface area (Å²) in [5, 5.41) is 8.98. The van der Waals surface area contributed by atoms with Gasteiger partial charge in [-0.15, -0.1) is 0 Å². The monoisotopic (exact) mass is 290 g/mol. The standard InChI is InChI=1S/C7H6O.W/c8-6-7-4-2-1-3-5-7;/h1-5,8H;. The van der Waals surface area contributed by atoms with E-state index in [1.54, 1.807) is 0 Å². The number of aliphatic hydroxyl groups excluding tert-OH is 1. The third-order valence-corrected chi connectivity index (χ3v) is 1.87. The number of hydrogen-bond donors (Lipinski definition) is 1. The van der Waals surface area contributed by atoms with Crippen LogP contribution in [0.25, 0.3) is 0 Å². The van der Waals surface area contributed by atoms with E-state index in [1.807, 2.05) is 30.3 Å². The zero-order valence-corrected chi connectivity index (χ0v) is 7.68. The van der Waals surface area contributed by atoms with Crippen molar-refractivity contribution in [3.63, 3.8) is 0 Å². The Bertz CT molecular complexity index is 205. The van der Waals surface area contributed by atoms with Gasteiger partial charge in [-0.05, 0) is 0 Å². The molecular weight excluding hydrogens is 284 g/mol. The van der Waals surface area contributed by atoms with Gasteiger partial charge in [-0.1, -0.05) is 0 Å². The van der Waals surface area contributed by atoms with Gasteiger partial charge in [0.25, 0.3) is 0 Å². The average Bonchev–Trinajstić information content (AvgIpc) is 1.90. The second-order valence-electron chi connectivity index (χ2n) is 1.67. The molecule has 0 aliphatic heterocycles. The van der Waals surface area contributed by atoms with Crippen LogP contribution in [0.15, 0.2) is 30.3 Å². The molecule has 1 N–H and O–H groups in total. The van der Waals surface area contributed by atoms with E-state index >= 15 is 0 Å². The van der Waals surface area contributed by atoms with Crippen molar-refractivity contribution in [2.45, 2.75) is 0 Å². The molecule has 0 radical (unpaired) electrons. The first-order valence-corrected chi connectivity index (χ1v) is 4.06. The zero-order chi connectivity index (χ0) is 6.69. The topological polar surface area (TPSA) is 20.2 Å². The Morgan fingerprint density at radius 1 is 1.22 bits per heavy atom. The van der Waals surface area contributed by atoms with Gasteiger partial charge in [-0.3, -0.25) is 0 Å². The first kappa shape index (κ1) is 6.85. The Morgan fingerprint density at radius 3 is 2.11 bits per heavy atom. The van der Waals surface area contributed by atoms with Crippen molar-refractivity contribution in [2.24, 2.45) is 0 Å². The minimum atomic E-state index is 0.454. The third-order valence-electron chi connectivity index (χ3n) is 1.02. The summed E-state index contributed by atoms with van der Waals surface area (Å²) < 4.78 is 0.454. The molecule has 0 amide bonds. The summed E-state index contributed by atoms with van der Waals surface area (Å²) in [4.78, 5) is 0. The first-order valence-electron chi connectivity index (χ1n) is 2.59. The van der Waals surface area contributed by atoms with E-state index in [9.17, 15) is 0 Å². The molecule has 0 aliphatic rings. The van der Waals surface area contributed by atoms with Crippen LogP contribution in [-0.2, 0) is 19.4 Å². The van der Waals surface area contributed by atoms with Crippen molar-refractivity contribution in [3.8, 4) is 0 Å². The van der Waals surface area contributed by atoms with Crippen LogP contribution in [-0.4, -0.2) is 9.19 Å². The fraction of sp³-hybridized carbons (Fsp3) is 0. The molecule has 46 valence electrons. The molecular formula is C7H6OW. The second kappa shape index (κ2) is 3.05. The summed E-state index contributed by atoms with van der Waals surface area (Å²) in [6, 6.07) is 9.54. The van der Waals surface area contributed by atoms with Gasteiger partial charge in [0.05, 0.1) is 0 Å². The molecule has 1 nitrogen and oxygen atoms in total. The van der Waals surface area contributed by atoms with Gasteiger partial charge in [-0.25, -0.2) is 0 Å². The molecule has 2 heteroatoms. The Labute approximate surface area is 64.7 Å². The maximum atomic E-state index is 8.98. The van der Waals surface area contributed by atoms with Crippen LogP contribution in [0.5, 0.6) is 0 Å². The summed E-state index contributed by atoms with van der Waals surface area (Å²) >= 11 is 1.11. The van der Waals surface area contributed by atoms with Crippen LogP contribution >= 0.6 is 0 Å². The average molecular weight is 290 g/mol. The van der Waals surface area contributed by atoms with Gasteiger partial charge in [0.2, 0.25) is 0 Å². The summed E-state index contributed by atoms with van der Waals surface area (Å²) in [5.74, 6) is 0. The summed E-state index contributed by atoms with van der Waals surface area (Å²) in [6.07, 6.45) is 0. The van der Waals surface area contributed by atoms with Crippen LogP contribution in [0, 0.1) is 0 Å². The molecule has 0 saturated carbocycles. The SMILES string of the molecule is O[C](=[W])c1ccccc1. The minimum absolute atomic E-state index is 0.454. The quantitative estimate of drug-likeness (QED) is 0.820. The molecule has 0 aliphatic carbocycles. The molecule has 0 fully saturated rings. The van der Waals surface area contributed by atoms with Crippen molar-refractivity contribution in [3.05, 3.63) is 35.9 Å². The zero-order valence-electron chi connectivity index (χ0n) is 4.74. The van der Waals surface area contributed by atoms with Gasteiger partial charge in [0.15, 0.2) is 0 Å². The van der Waals surface area contributed by atoms with Crippen LogP contribution < -0.4 is 0 Å². The van der Waals surface area contributed by atoms with Crippen LogP contribution in [0.3, 0.4) is 0 Å². The van der Waals surface area contributed by atoms with E-state index < -0.39 is 0 Å². The van der Waals surface area contributed by atoms with Crippen LogP contribution in [0.1, 0.15) is 5.56 Å². The fourth-order valence-corrected chi connectivity index (χ4v) is 1.07. The van der Waals surface area contributed by atoms with Gasteiger partial charge in [0.1, 0.15) is 0 Å². The second-order valence-corrected chi connectivity index (χ2v) is 3.06. The van der Waals surface area contributed by atoms with Crippen LogP contribution in [0.4, 0.5) is 0 Å². The molecule has 1 rings (SSSR count). The molecule has 9 heavy (non-hydrogen) atoms. The normalized spacial score (nSPS) is 9.00. The molecule has 0 heterocycles. The van der Waals surface area contributed by atoms with Gasteiger partial charge in [-0.2, -0.15) is 0 Å². The molecule has 1 aromatic carbocycles. The predicted octanol–water partition coefficient (Wildman–Crippen LogP) is 1.08. The van der Waals surface area contributed by atoms with E-state index in [0.717, 1.165) is 24.9 Å². The van der Waals surface area contributed by atoms with Crippen molar-refractivity contribution in [1.29, 1.82) is 0 Å². The fourth-order valence-electron chi connectivity index (χ4n) is 0.581. The number of aliphatic hydroxyl groups is 1. The van der Waals surface area contributed by atoms with Gasteiger partial charge >= 0.3 is 64.4 Å². The Balaban J connectivity index is 2.98. The molecule has 0 aromatic heterocycles. The van der Waals surface area contributed by atoms with Crippen molar-refractivity contribution < 1.29 is 24.5 Å². The molecule has 0 bridgehead atoms. The van der Waals surface area contributed by atoms with Crippen LogP contribution in [0.2, 0.25) is 0 Å². The number of hydrogen-bond acceptors (Lipinski definition) is 1. The van der Waals surface area contributed by atoms with E-state index in [2.05, 4.69) is 0 Å².